The Bertz CT molecular complexity index is 375. The number of carboxylic acid groups (broad SMARTS) is 2. The van der Waals surface area contributed by atoms with Crippen molar-refractivity contribution in [1.82, 2.24) is 10.6 Å². The van der Waals surface area contributed by atoms with E-state index in [0.29, 0.717) is 0 Å². The van der Waals surface area contributed by atoms with Gasteiger partial charge in [-0.3, -0.25) is 19.2 Å². The van der Waals surface area contributed by atoms with Crippen LogP contribution >= 0.6 is 12.6 Å². The maximum Gasteiger partial charge on any atom is 0.322 e. The number of nitrogens with one attached hydrogen (secondary N) is 2. The van der Waals surface area contributed by atoms with Gasteiger partial charge in [-0.15, -0.1) is 0 Å². The number of thiol groups is 1. The van der Waals surface area contributed by atoms with Gasteiger partial charge in [0.1, 0.15) is 12.6 Å². The molecule has 0 heterocycles. The third-order valence-corrected chi connectivity index (χ3v) is 2.33. The fourth-order valence-electron chi connectivity index (χ4n) is 1.04. The van der Waals surface area contributed by atoms with Gasteiger partial charge in [-0.2, -0.15) is 12.6 Å². The first kappa shape index (κ1) is 17.2. The van der Waals surface area contributed by atoms with E-state index >= 15 is 0 Å². The molecule has 6 N–H and O–H groups in total. The van der Waals surface area contributed by atoms with E-state index in [0.717, 1.165) is 0 Å². The summed E-state index contributed by atoms with van der Waals surface area (Å²) in [5, 5.41) is 21.1. The van der Waals surface area contributed by atoms with E-state index in [2.05, 4.69) is 23.3 Å². The number of amides is 2. The van der Waals surface area contributed by atoms with Crippen LogP contribution in [0.5, 0.6) is 0 Å². The molecular weight excluding hydrogens is 278 g/mol. The van der Waals surface area contributed by atoms with E-state index in [1.807, 2.05) is 0 Å². The fourth-order valence-corrected chi connectivity index (χ4v) is 1.30. The summed E-state index contributed by atoms with van der Waals surface area (Å²) in [5.74, 6) is -4.14. The van der Waals surface area contributed by atoms with Crippen molar-refractivity contribution in [2.75, 3.05) is 12.3 Å². The molecule has 2 atom stereocenters. The van der Waals surface area contributed by atoms with Crippen molar-refractivity contribution in [2.45, 2.75) is 18.5 Å². The minimum absolute atomic E-state index is 0.0863. The average Bonchev–Trinajstić information content (AvgIpc) is 2.31. The number of nitrogens with two attached hydrogens (primary N) is 1. The molecule has 0 saturated heterocycles. The number of carbonyl (C=O) groups excluding carboxylic acids is 2. The quantitative estimate of drug-likeness (QED) is 0.268. The first-order chi connectivity index (χ1) is 8.77. The summed E-state index contributed by atoms with van der Waals surface area (Å²) < 4.78 is 0. The highest BCUT2D eigenvalue weighted by molar-refractivity contribution is 7.80. The molecule has 0 rings (SSSR count). The SMILES string of the molecule is NC(CC(=O)O)C(=O)NC(CS)C(=O)NCC(=O)O. The van der Waals surface area contributed by atoms with Crippen molar-refractivity contribution < 1.29 is 29.4 Å². The molecule has 0 fully saturated rings. The minimum Gasteiger partial charge on any atom is -0.481 e. The molecule has 9 nitrogen and oxygen atoms in total. The van der Waals surface area contributed by atoms with E-state index in [1.54, 1.807) is 0 Å². The predicted molar refractivity (Wildman–Crippen MR) is 66.7 cm³/mol. The third kappa shape index (κ3) is 7.26. The Morgan fingerprint density at radius 3 is 2.11 bits per heavy atom. The number of hydrogen-bond acceptors (Lipinski definition) is 6. The Balaban J connectivity index is 4.38. The highest BCUT2D eigenvalue weighted by atomic mass is 32.1. The van der Waals surface area contributed by atoms with Gasteiger partial charge in [-0.25, -0.2) is 0 Å². The van der Waals surface area contributed by atoms with Crippen LogP contribution < -0.4 is 16.4 Å². The van der Waals surface area contributed by atoms with Gasteiger partial charge >= 0.3 is 11.9 Å². The summed E-state index contributed by atoms with van der Waals surface area (Å²) in [7, 11) is 0. The number of rotatable bonds is 8. The first-order valence-corrected chi connectivity index (χ1v) is 5.79. The van der Waals surface area contributed by atoms with Gasteiger partial charge < -0.3 is 26.6 Å². The van der Waals surface area contributed by atoms with Gasteiger partial charge in [0.2, 0.25) is 11.8 Å². The molecule has 0 aliphatic carbocycles. The molecule has 2 unspecified atom stereocenters. The second-order valence-electron chi connectivity index (χ2n) is 3.56. The summed E-state index contributed by atoms with van der Waals surface area (Å²) in [4.78, 5) is 43.5. The first-order valence-electron chi connectivity index (χ1n) is 5.16. The second kappa shape index (κ2) is 8.32. The van der Waals surface area contributed by atoms with Gasteiger partial charge in [-0.1, -0.05) is 0 Å². The van der Waals surface area contributed by atoms with Crippen molar-refractivity contribution in [1.29, 1.82) is 0 Å². The van der Waals surface area contributed by atoms with Crippen LogP contribution in [0, 0.1) is 0 Å². The van der Waals surface area contributed by atoms with E-state index in [1.165, 1.54) is 0 Å². The Hall–Kier alpha value is -1.81. The second-order valence-corrected chi connectivity index (χ2v) is 3.92. The summed E-state index contributed by atoms with van der Waals surface area (Å²) >= 11 is 3.83. The molecule has 10 heteroatoms. The van der Waals surface area contributed by atoms with Crippen LogP contribution in [0.1, 0.15) is 6.42 Å². The fraction of sp³-hybridized carbons (Fsp3) is 0.556. The van der Waals surface area contributed by atoms with Crippen LogP contribution in [0.3, 0.4) is 0 Å². The number of carboxylic acids is 2. The van der Waals surface area contributed by atoms with Crippen molar-refractivity contribution in [3.8, 4) is 0 Å². The molecule has 0 aromatic rings. The highest BCUT2D eigenvalue weighted by Gasteiger charge is 2.24. The molecule has 0 saturated carbocycles. The Labute approximate surface area is 113 Å². The van der Waals surface area contributed by atoms with E-state index in [-0.39, 0.29) is 5.75 Å². The molecule has 0 aromatic heterocycles. The zero-order chi connectivity index (χ0) is 15.0. The van der Waals surface area contributed by atoms with Crippen LogP contribution in [-0.2, 0) is 19.2 Å². The predicted octanol–water partition coefficient (Wildman–Crippen LogP) is -2.60. The van der Waals surface area contributed by atoms with Crippen molar-refractivity contribution in [3.63, 3.8) is 0 Å². The lowest BCUT2D eigenvalue weighted by Crippen LogP contribution is -2.53. The van der Waals surface area contributed by atoms with Crippen LogP contribution in [-0.4, -0.2) is 58.3 Å². The van der Waals surface area contributed by atoms with Gasteiger partial charge in [0, 0.05) is 5.75 Å². The lowest BCUT2D eigenvalue weighted by atomic mass is 10.2. The van der Waals surface area contributed by atoms with Crippen LogP contribution in [0.2, 0.25) is 0 Å². The van der Waals surface area contributed by atoms with E-state index < -0.39 is 48.8 Å². The zero-order valence-electron chi connectivity index (χ0n) is 9.83. The maximum absolute atomic E-state index is 11.5. The molecule has 0 aliphatic heterocycles. The van der Waals surface area contributed by atoms with E-state index in [4.69, 9.17) is 15.9 Å². The molecular formula is C9H15N3O6S. The monoisotopic (exact) mass is 293 g/mol. The average molecular weight is 293 g/mol. The lowest BCUT2D eigenvalue weighted by molar-refractivity contribution is -0.140. The summed E-state index contributed by atoms with van der Waals surface area (Å²) in [5.41, 5.74) is 5.30. The van der Waals surface area contributed by atoms with Gasteiger partial charge in [0.15, 0.2) is 0 Å². The van der Waals surface area contributed by atoms with Gasteiger partial charge in [-0.05, 0) is 0 Å². The van der Waals surface area contributed by atoms with Gasteiger partial charge in [0.05, 0.1) is 12.5 Å². The molecule has 108 valence electrons. The van der Waals surface area contributed by atoms with Gasteiger partial charge in [0.25, 0.3) is 0 Å². The Kier molecular flexibility index (Phi) is 7.53. The minimum atomic E-state index is -1.30. The Morgan fingerprint density at radius 2 is 1.68 bits per heavy atom. The highest BCUT2D eigenvalue weighted by Crippen LogP contribution is 1.93. The summed E-state index contributed by atoms with van der Waals surface area (Å²) in [6.07, 6.45) is -0.581. The van der Waals surface area contributed by atoms with Crippen LogP contribution in [0.4, 0.5) is 0 Å². The number of aliphatic carboxylic acids is 2. The van der Waals surface area contributed by atoms with Crippen molar-refractivity contribution in [2.24, 2.45) is 5.73 Å². The number of carbonyl (C=O) groups is 4. The molecule has 19 heavy (non-hydrogen) atoms. The normalized spacial score (nSPS) is 13.2. The van der Waals surface area contributed by atoms with Crippen molar-refractivity contribution in [3.05, 3.63) is 0 Å². The Morgan fingerprint density at radius 1 is 1.11 bits per heavy atom. The lowest BCUT2D eigenvalue weighted by Gasteiger charge is -2.17. The summed E-state index contributed by atoms with van der Waals surface area (Å²) in [6, 6.07) is -2.39. The molecule has 0 spiro atoms. The standard InChI is InChI=1S/C9H15N3O6S/c10-4(1-6(13)14)8(17)12-5(3-19)9(18)11-2-7(15)16/h4-5,19H,1-3,10H2,(H,11,18)(H,12,17)(H,13,14)(H,15,16). The largest absolute Gasteiger partial charge is 0.481 e. The summed E-state index contributed by atoms with van der Waals surface area (Å²) in [6.45, 7) is -0.597. The maximum atomic E-state index is 11.5. The number of hydrogen-bond donors (Lipinski definition) is 6. The molecule has 0 radical (unpaired) electrons. The molecule has 0 aliphatic rings. The molecule has 0 bridgehead atoms. The third-order valence-electron chi connectivity index (χ3n) is 1.96. The van der Waals surface area contributed by atoms with Crippen LogP contribution in [0.25, 0.3) is 0 Å². The smallest absolute Gasteiger partial charge is 0.322 e. The van der Waals surface area contributed by atoms with Crippen molar-refractivity contribution >= 4 is 36.4 Å². The molecule has 2 amide bonds. The van der Waals surface area contributed by atoms with Crippen LogP contribution in [0.15, 0.2) is 0 Å². The topological polar surface area (TPSA) is 159 Å². The molecule has 0 aromatic carbocycles. The zero-order valence-corrected chi connectivity index (χ0v) is 10.7. The van der Waals surface area contributed by atoms with E-state index in [9.17, 15) is 19.2 Å².